The maximum absolute atomic E-state index is 11.9. The highest BCUT2D eigenvalue weighted by Gasteiger charge is 2.37. The number of hydrogen-bond donors (Lipinski definition) is 2. The summed E-state index contributed by atoms with van der Waals surface area (Å²) >= 11 is 0. The first kappa shape index (κ1) is 22.0. The Balaban J connectivity index is 2.25. The summed E-state index contributed by atoms with van der Waals surface area (Å²) in [4.78, 5) is 17.9. The van der Waals surface area contributed by atoms with Crippen molar-refractivity contribution < 1.29 is 14.3 Å². The van der Waals surface area contributed by atoms with Crippen molar-refractivity contribution in [2.45, 2.75) is 32.1 Å². The van der Waals surface area contributed by atoms with E-state index in [1.54, 1.807) is 26.1 Å². The van der Waals surface area contributed by atoms with Gasteiger partial charge >= 0.3 is 0 Å². The van der Waals surface area contributed by atoms with E-state index in [0.29, 0.717) is 25.7 Å². The molecule has 0 aromatic heterocycles. The molecule has 1 aliphatic heterocycles. The number of aliphatic imine (C=N–C) groups is 1. The lowest BCUT2D eigenvalue weighted by Gasteiger charge is -2.39. The molecule has 7 nitrogen and oxygen atoms in total. The minimum Gasteiger partial charge on any atom is -0.496 e. The highest BCUT2D eigenvalue weighted by molar-refractivity contribution is 5.84. The van der Waals surface area contributed by atoms with Gasteiger partial charge in [0.25, 0.3) is 0 Å². The van der Waals surface area contributed by atoms with Gasteiger partial charge in [-0.2, -0.15) is 0 Å². The van der Waals surface area contributed by atoms with Crippen molar-refractivity contribution in [3.63, 3.8) is 0 Å². The van der Waals surface area contributed by atoms with Crippen molar-refractivity contribution >= 4 is 11.9 Å². The van der Waals surface area contributed by atoms with Crippen molar-refractivity contribution in [1.82, 2.24) is 15.5 Å². The number of ether oxygens (including phenoxy) is 2. The SMILES string of the molecule is CCNC(=NCC(=O)N(C)C)NCC1(c2cc(C)ccc2OC)CCOCC1. The Hall–Kier alpha value is -2.28. The van der Waals surface area contributed by atoms with E-state index in [1.807, 2.05) is 13.0 Å². The lowest BCUT2D eigenvalue weighted by molar-refractivity contribution is -0.127. The number of rotatable bonds is 7. The summed E-state index contributed by atoms with van der Waals surface area (Å²) in [7, 11) is 5.19. The fraction of sp³-hybridized carbons (Fsp3) is 0.619. The van der Waals surface area contributed by atoms with Gasteiger partial charge in [0.1, 0.15) is 12.3 Å². The number of carbonyl (C=O) groups is 1. The fourth-order valence-corrected chi connectivity index (χ4v) is 3.42. The van der Waals surface area contributed by atoms with Gasteiger partial charge in [-0.15, -0.1) is 0 Å². The zero-order chi connectivity index (χ0) is 20.6. The van der Waals surface area contributed by atoms with Crippen LogP contribution >= 0.6 is 0 Å². The van der Waals surface area contributed by atoms with E-state index in [2.05, 4.69) is 34.7 Å². The number of aryl methyl sites for hydroxylation is 1. The molecular formula is C21H34N4O3. The van der Waals surface area contributed by atoms with Gasteiger partial charge in [-0.25, -0.2) is 4.99 Å². The van der Waals surface area contributed by atoms with Gasteiger partial charge in [-0.3, -0.25) is 4.79 Å². The van der Waals surface area contributed by atoms with E-state index in [-0.39, 0.29) is 17.9 Å². The molecule has 1 amide bonds. The molecule has 0 aliphatic carbocycles. The van der Waals surface area contributed by atoms with E-state index in [1.165, 1.54) is 11.1 Å². The molecule has 1 heterocycles. The van der Waals surface area contributed by atoms with Crippen LogP contribution in [0.5, 0.6) is 5.75 Å². The standard InChI is InChI=1S/C21H34N4O3/c1-6-22-20(23-14-19(26)25(3)4)24-15-21(9-11-28-12-10-21)17-13-16(2)7-8-18(17)27-5/h7-8,13H,6,9-12,14-15H2,1-5H3,(H2,22,23,24). The lowest BCUT2D eigenvalue weighted by atomic mass is 9.73. The van der Waals surface area contributed by atoms with Crippen LogP contribution in [0, 0.1) is 6.92 Å². The van der Waals surface area contributed by atoms with Gasteiger partial charge in [0, 0.05) is 51.4 Å². The number of hydrogen-bond acceptors (Lipinski definition) is 4. The molecule has 0 unspecified atom stereocenters. The summed E-state index contributed by atoms with van der Waals surface area (Å²) in [5.41, 5.74) is 2.29. The van der Waals surface area contributed by atoms with Crippen molar-refractivity contribution in [3.8, 4) is 5.75 Å². The summed E-state index contributed by atoms with van der Waals surface area (Å²) in [6.45, 7) is 7.08. The van der Waals surface area contributed by atoms with Crippen LogP contribution < -0.4 is 15.4 Å². The number of amides is 1. The molecule has 28 heavy (non-hydrogen) atoms. The van der Waals surface area contributed by atoms with Gasteiger partial charge in [-0.05, 0) is 32.8 Å². The molecule has 156 valence electrons. The first-order valence-corrected chi connectivity index (χ1v) is 9.87. The average Bonchev–Trinajstić information content (AvgIpc) is 2.70. The number of guanidine groups is 1. The van der Waals surface area contributed by atoms with Crippen LogP contribution in [0.4, 0.5) is 0 Å². The molecule has 0 saturated carbocycles. The first-order chi connectivity index (χ1) is 13.4. The van der Waals surface area contributed by atoms with Crippen LogP contribution in [0.2, 0.25) is 0 Å². The van der Waals surface area contributed by atoms with Crippen molar-refractivity contribution in [1.29, 1.82) is 0 Å². The number of benzene rings is 1. The average molecular weight is 391 g/mol. The molecule has 1 aliphatic rings. The molecular weight excluding hydrogens is 356 g/mol. The van der Waals surface area contributed by atoms with Gasteiger partial charge < -0.3 is 25.0 Å². The molecule has 7 heteroatoms. The molecule has 0 radical (unpaired) electrons. The van der Waals surface area contributed by atoms with Crippen molar-refractivity contribution in [2.24, 2.45) is 4.99 Å². The third-order valence-corrected chi connectivity index (χ3v) is 5.19. The molecule has 0 atom stereocenters. The largest absolute Gasteiger partial charge is 0.496 e. The second-order valence-corrected chi connectivity index (χ2v) is 7.43. The summed E-state index contributed by atoms with van der Waals surface area (Å²) < 4.78 is 11.3. The topological polar surface area (TPSA) is 75.2 Å². The van der Waals surface area contributed by atoms with Crippen LogP contribution in [-0.4, -0.2) is 70.8 Å². The van der Waals surface area contributed by atoms with Crippen molar-refractivity contribution in [2.75, 3.05) is 54.1 Å². The monoisotopic (exact) mass is 390 g/mol. The number of likely N-dealkylation sites (N-methyl/N-ethyl adjacent to an activating group) is 1. The fourth-order valence-electron chi connectivity index (χ4n) is 3.42. The van der Waals surface area contributed by atoms with Crippen LogP contribution in [0.3, 0.4) is 0 Å². The summed E-state index contributed by atoms with van der Waals surface area (Å²) in [6, 6.07) is 6.32. The molecule has 2 N–H and O–H groups in total. The normalized spacial score (nSPS) is 16.4. The molecule has 1 fully saturated rings. The van der Waals surface area contributed by atoms with Crippen LogP contribution in [-0.2, 0) is 14.9 Å². The maximum Gasteiger partial charge on any atom is 0.243 e. The number of carbonyl (C=O) groups excluding carboxylic acids is 1. The smallest absolute Gasteiger partial charge is 0.243 e. The molecule has 1 saturated heterocycles. The number of methoxy groups -OCH3 is 1. The Labute approximate surface area is 168 Å². The molecule has 0 spiro atoms. The van der Waals surface area contributed by atoms with E-state index in [9.17, 15) is 4.79 Å². The quantitative estimate of drug-likeness (QED) is 0.547. The van der Waals surface area contributed by atoms with E-state index in [0.717, 1.165) is 25.1 Å². The third-order valence-electron chi connectivity index (χ3n) is 5.19. The Bertz CT molecular complexity index is 682. The van der Waals surface area contributed by atoms with Gasteiger partial charge in [-0.1, -0.05) is 17.7 Å². The van der Waals surface area contributed by atoms with E-state index >= 15 is 0 Å². The van der Waals surface area contributed by atoms with Crippen LogP contribution in [0.25, 0.3) is 0 Å². The zero-order valence-electron chi connectivity index (χ0n) is 17.8. The number of nitrogens with one attached hydrogen (secondary N) is 2. The predicted molar refractivity (Wildman–Crippen MR) is 112 cm³/mol. The molecule has 1 aromatic carbocycles. The van der Waals surface area contributed by atoms with Gasteiger partial charge in [0.2, 0.25) is 5.91 Å². The zero-order valence-corrected chi connectivity index (χ0v) is 17.8. The highest BCUT2D eigenvalue weighted by atomic mass is 16.5. The van der Waals surface area contributed by atoms with Crippen LogP contribution in [0.1, 0.15) is 30.9 Å². The van der Waals surface area contributed by atoms with E-state index in [4.69, 9.17) is 9.47 Å². The second kappa shape index (κ2) is 10.3. The first-order valence-electron chi connectivity index (χ1n) is 9.87. The molecule has 2 rings (SSSR count). The second-order valence-electron chi connectivity index (χ2n) is 7.43. The third kappa shape index (κ3) is 5.61. The Morgan fingerprint density at radius 2 is 2.00 bits per heavy atom. The number of nitrogens with zero attached hydrogens (tertiary/aromatic N) is 2. The minimum atomic E-state index is -0.114. The maximum atomic E-state index is 11.9. The summed E-state index contributed by atoms with van der Waals surface area (Å²) in [5, 5.41) is 6.68. The Morgan fingerprint density at radius 3 is 2.61 bits per heavy atom. The Morgan fingerprint density at radius 1 is 1.29 bits per heavy atom. The predicted octanol–water partition coefficient (Wildman–Crippen LogP) is 1.70. The lowest BCUT2D eigenvalue weighted by Crippen LogP contribution is -2.48. The van der Waals surface area contributed by atoms with Crippen molar-refractivity contribution in [3.05, 3.63) is 29.3 Å². The van der Waals surface area contributed by atoms with E-state index < -0.39 is 0 Å². The molecule has 0 bridgehead atoms. The highest BCUT2D eigenvalue weighted by Crippen LogP contribution is 2.40. The van der Waals surface area contributed by atoms with Gasteiger partial charge in [0.15, 0.2) is 5.96 Å². The van der Waals surface area contributed by atoms with Gasteiger partial charge in [0.05, 0.1) is 7.11 Å². The minimum absolute atomic E-state index is 0.0293. The summed E-state index contributed by atoms with van der Waals surface area (Å²) in [6.07, 6.45) is 1.80. The Kier molecular flexibility index (Phi) is 8.11. The molecule has 1 aromatic rings. The summed E-state index contributed by atoms with van der Waals surface area (Å²) in [5.74, 6) is 1.52. The van der Waals surface area contributed by atoms with Crippen LogP contribution in [0.15, 0.2) is 23.2 Å².